The maximum Gasteiger partial charge on any atom is 0.239 e. The van der Waals surface area contributed by atoms with Gasteiger partial charge in [-0.25, -0.2) is 0 Å². The van der Waals surface area contributed by atoms with Crippen molar-refractivity contribution in [1.29, 1.82) is 5.26 Å². The van der Waals surface area contributed by atoms with Gasteiger partial charge >= 0.3 is 0 Å². The normalized spacial score (nSPS) is 21.4. The molecule has 146 valence electrons. The lowest BCUT2D eigenvalue weighted by atomic mass is 9.95. The number of benzene rings is 1. The summed E-state index contributed by atoms with van der Waals surface area (Å²) in [5.74, 6) is 0.388. The molecule has 2 aliphatic rings. The SMILES string of the molecule is N#CC1CCN(C(=O)C2CCCCN2Cc2ccc(-c3ccsc3)cc2)CC1. The van der Waals surface area contributed by atoms with Crippen LogP contribution in [-0.2, 0) is 11.3 Å². The summed E-state index contributed by atoms with van der Waals surface area (Å²) in [6, 6.07) is 13.3. The second kappa shape index (κ2) is 8.89. The van der Waals surface area contributed by atoms with E-state index in [1.807, 2.05) is 4.90 Å². The van der Waals surface area contributed by atoms with Gasteiger partial charge in [0.2, 0.25) is 5.91 Å². The van der Waals surface area contributed by atoms with Crippen molar-refractivity contribution in [2.24, 2.45) is 5.92 Å². The molecule has 1 aromatic carbocycles. The standard InChI is InChI=1S/C23H27N3OS/c24-15-18-8-12-25(13-9-18)23(27)22-3-1-2-11-26(22)16-19-4-6-20(7-5-19)21-10-14-28-17-21/h4-7,10,14,17-18,22H,1-3,8-9,11-13,16H2. The van der Waals surface area contributed by atoms with E-state index in [0.717, 1.165) is 58.3 Å². The summed E-state index contributed by atoms with van der Waals surface area (Å²) in [6.07, 6.45) is 4.87. The Hall–Kier alpha value is -2.16. The van der Waals surface area contributed by atoms with Gasteiger partial charge in [0.25, 0.3) is 0 Å². The van der Waals surface area contributed by atoms with Gasteiger partial charge in [-0.05, 0) is 65.7 Å². The maximum absolute atomic E-state index is 13.2. The number of carbonyl (C=O) groups is 1. The predicted octanol–water partition coefficient (Wildman–Crippen LogP) is 4.53. The molecular weight excluding hydrogens is 366 g/mol. The van der Waals surface area contributed by atoms with Gasteiger partial charge in [0, 0.05) is 25.6 Å². The topological polar surface area (TPSA) is 47.3 Å². The molecule has 2 fully saturated rings. The summed E-state index contributed by atoms with van der Waals surface area (Å²) in [4.78, 5) is 17.5. The van der Waals surface area contributed by atoms with Crippen molar-refractivity contribution < 1.29 is 4.79 Å². The first-order chi connectivity index (χ1) is 13.7. The second-order valence-corrected chi connectivity index (χ2v) is 8.70. The first-order valence-corrected chi connectivity index (χ1v) is 11.2. The fraction of sp³-hybridized carbons (Fsp3) is 0.478. The quantitative estimate of drug-likeness (QED) is 0.767. The number of amides is 1. The Labute approximate surface area is 171 Å². The molecule has 4 nitrogen and oxygen atoms in total. The van der Waals surface area contributed by atoms with Gasteiger partial charge in [-0.15, -0.1) is 0 Å². The van der Waals surface area contributed by atoms with E-state index in [0.29, 0.717) is 0 Å². The molecule has 0 radical (unpaired) electrons. The van der Waals surface area contributed by atoms with Gasteiger partial charge in [-0.2, -0.15) is 16.6 Å². The highest BCUT2D eigenvalue weighted by Crippen LogP contribution is 2.26. The van der Waals surface area contributed by atoms with Crippen LogP contribution in [0.15, 0.2) is 41.1 Å². The smallest absolute Gasteiger partial charge is 0.239 e. The van der Waals surface area contributed by atoms with E-state index in [9.17, 15) is 4.79 Å². The Kier molecular flexibility index (Phi) is 6.09. The van der Waals surface area contributed by atoms with Gasteiger partial charge < -0.3 is 4.90 Å². The minimum absolute atomic E-state index is 0.0102. The summed E-state index contributed by atoms with van der Waals surface area (Å²) >= 11 is 1.72. The van der Waals surface area contributed by atoms with Crippen LogP contribution in [0.5, 0.6) is 0 Å². The molecule has 0 N–H and O–H groups in total. The molecule has 0 spiro atoms. The third-order valence-corrected chi connectivity index (χ3v) is 6.77. The van der Waals surface area contributed by atoms with Crippen LogP contribution >= 0.6 is 11.3 Å². The van der Waals surface area contributed by atoms with Crippen molar-refractivity contribution >= 4 is 17.2 Å². The van der Waals surface area contributed by atoms with Crippen molar-refractivity contribution in [3.8, 4) is 17.2 Å². The summed E-state index contributed by atoms with van der Waals surface area (Å²) in [6.45, 7) is 3.28. The highest BCUT2D eigenvalue weighted by Gasteiger charge is 2.33. The van der Waals surface area contributed by atoms with Crippen LogP contribution in [0.2, 0.25) is 0 Å². The average Bonchev–Trinajstić information content (AvgIpc) is 3.29. The van der Waals surface area contributed by atoms with E-state index in [2.05, 4.69) is 52.1 Å². The maximum atomic E-state index is 13.2. The Balaban J connectivity index is 1.41. The van der Waals surface area contributed by atoms with Crippen molar-refractivity contribution in [3.05, 3.63) is 46.7 Å². The zero-order valence-corrected chi connectivity index (χ0v) is 17.0. The number of nitriles is 1. The highest BCUT2D eigenvalue weighted by atomic mass is 32.1. The third-order valence-electron chi connectivity index (χ3n) is 6.08. The van der Waals surface area contributed by atoms with Crippen molar-refractivity contribution in [2.45, 2.75) is 44.7 Å². The molecule has 0 bridgehead atoms. The molecule has 4 rings (SSSR count). The Bertz CT molecular complexity index is 817. The molecule has 28 heavy (non-hydrogen) atoms. The van der Waals surface area contributed by atoms with Crippen LogP contribution in [0, 0.1) is 17.2 Å². The fourth-order valence-corrected chi connectivity index (χ4v) is 5.03. The Morgan fingerprint density at radius 2 is 1.82 bits per heavy atom. The molecule has 0 aliphatic carbocycles. The van der Waals surface area contributed by atoms with Gasteiger partial charge in [-0.3, -0.25) is 9.69 Å². The van der Waals surface area contributed by atoms with E-state index < -0.39 is 0 Å². The lowest BCUT2D eigenvalue weighted by Crippen LogP contribution is -2.52. The lowest BCUT2D eigenvalue weighted by molar-refractivity contribution is -0.139. The number of thiophene rings is 1. The number of hydrogen-bond acceptors (Lipinski definition) is 4. The monoisotopic (exact) mass is 393 g/mol. The molecule has 1 atom stereocenters. The van der Waals surface area contributed by atoms with E-state index in [1.54, 1.807) is 11.3 Å². The first kappa shape index (κ1) is 19.2. The summed E-state index contributed by atoms with van der Waals surface area (Å²) in [5, 5.41) is 13.4. The number of rotatable bonds is 4. The summed E-state index contributed by atoms with van der Waals surface area (Å²) < 4.78 is 0. The van der Waals surface area contributed by atoms with Crippen molar-refractivity contribution in [3.63, 3.8) is 0 Å². The molecule has 2 saturated heterocycles. The zero-order chi connectivity index (χ0) is 19.3. The number of piperidine rings is 2. The van der Waals surface area contributed by atoms with Gasteiger partial charge in [0.05, 0.1) is 12.1 Å². The molecular formula is C23H27N3OS. The highest BCUT2D eigenvalue weighted by molar-refractivity contribution is 7.08. The summed E-state index contributed by atoms with van der Waals surface area (Å²) in [7, 11) is 0. The van der Waals surface area contributed by atoms with Crippen LogP contribution in [0.25, 0.3) is 11.1 Å². The molecule has 1 unspecified atom stereocenters. The average molecular weight is 394 g/mol. The van der Waals surface area contributed by atoms with E-state index in [4.69, 9.17) is 5.26 Å². The third kappa shape index (κ3) is 4.29. The van der Waals surface area contributed by atoms with Crippen LogP contribution in [0.1, 0.15) is 37.7 Å². The Morgan fingerprint density at radius 1 is 1.04 bits per heavy atom. The molecule has 2 aromatic rings. The predicted molar refractivity (Wildman–Crippen MR) is 113 cm³/mol. The van der Waals surface area contributed by atoms with Gasteiger partial charge in [-0.1, -0.05) is 30.7 Å². The Morgan fingerprint density at radius 3 is 2.50 bits per heavy atom. The van der Waals surface area contributed by atoms with E-state index in [1.165, 1.54) is 16.7 Å². The van der Waals surface area contributed by atoms with Gasteiger partial charge in [0.1, 0.15) is 0 Å². The minimum atomic E-state index is -0.0102. The number of carbonyl (C=O) groups excluding carboxylic acids is 1. The number of nitrogens with zero attached hydrogens (tertiary/aromatic N) is 3. The van der Waals surface area contributed by atoms with Crippen LogP contribution in [0.4, 0.5) is 0 Å². The zero-order valence-electron chi connectivity index (χ0n) is 16.2. The number of hydrogen-bond donors (Lipinski definition) is 0. The second-order valence-electron chi connectivity index (χ2n) is 7.92. The van der Waals surface area contributed by atoms with E-state index in [-0.39, 0.29) is 17.9 Å². The molecule has 0 saturated carbocycles. The minimum Gasteiger partial charge on any atom is -0.341 e. The van der Waals surface area contributed by atoms with E-state index >= 15 is 0 Å². The number of likely N-dealkylation sites (tertiary alicyclic amines) is 2. The van der Waals surface area contributed by atoms with Crippen LogP contribution in [-0.4, -0.2) is 41.4 Å². The molecule has 2 aliphatic heterocycles. The molecule has 3 heterocycles. The van der Waals surface area contributed by atoms with Crippen molar-refractivity contribution in [1.82, 2.24) is 9.80 Å². The van der Waals surface area contributed by atoms with Crippen molar-refractivity contribution in [2.75, 3.05) is 19.6 Å². The largest absolute Gasteiger partial charge is 0.341 e. The van der Waals surface area contributed by atoms with Gasteiger partial charge in [0.15, 0.2) is 0 Å². The molecule has 1 amide bonds. The fourth-order valence-electron chi connectivity index (χ4n) is 4.37. The molecule has 5 heteroatoms. The lowest BCUT2D eigenvalue weighted by Gasteiger charge is -2.39. The molecule has 1 aromatic heterocycles. The summed E-state index contributed by atoms with van der Waals surface area (Å²) in [5.41, 5.74) is 3.78. The van der Waals surface area contributed by atoms with Crippen LogP contribution in [0.3, 0.4) is 0 Å². The first-order valence-electron chi connectivity index (χ1n) is 10.3. The van der Waals surface area contributed by atoms with Crippen LogP contribution < -0.4 is 0 Å².